The highest BCUT2D eigenvalue weighted by molar-refractivity contribution is 5.64. The SMILES string of the molecule is Cc1c(-c2ccccc2)cnn1CCC#Cc1ccccn1. The maximum absolute atomic E-state index is 4.47. The molecule has 0 spiro atoms. The highest BCUT2D eigenvalue weighted by atomic mass is 15.3. The molecule has 0 fully saturated rings. The normalized spacial score (nSPS) is 10.0. The lowest BCUT2D eigenvalue weighted by atomic mass is 10.1. The van der Waals surface area contributed by atoms with Crippen LogP contribution in [0, 0.1) is 18.8 Å². The highest BCUT2D eigenvalue weighted by Crippen LogP contribution is 2.22. The maximum atomic E-state index is 4.47. The Morgan fingerprint density at radius 2 is 1.86 bits per heavy atom. The number of hydrogen-bond acceptors (Lipinski definition) is 2. The van der Waals surface area contributed by atoms with E-state index in [0.717, 1.165) is 18.7 Å². The van der Waals surface area contributed by atoms with Crippen LogP contribution >= 0.6 is 0 Å². The fraction of sp³-hybridized carbons (Fsp3) is 0.158. The lowest BCUT2D eigenvalue weighted by Crippen LogP contribution is -2.01. The largest absolute Gasteiger partial charge is 0.268 e. The Bertz CT molecular complexity index is 793. The monoisotopic (exact) mass is 287 g/mol. The Morgan fingerprint density at radius 3 is 2.64 bits per heavy atom. The second-order valence-corrected chi connectivity index (χ2v) is 5.00. The number of pyridine rings is 1. The van der Waals surface area contributed by atoms with E-state index in [9.17, 15) is 0 Å². The van der Waals surface area contributed by atoms with Crippen LogP contribution in [0.15, 0.2) is 60.9 Å². The van der Waals surface area contributed by atoms with Gasteiger partial charge in [0, 0.05) is 23.9 Å². The lowest BCUT2D eigenvalue weighted by molar-refractivity contribution is 0.612. The van der Waals surface area contributed by atoms with Crippen molar-refractivity contribution in [1.82, 2.24) is 14.8 Å². The van der Waals surface area contributed by atoms with Crippen molar-refractivity contribution in [3.05, 3.63) is 72.3 Å². The topological polar surface area (TPSA) is 30.7 Å². The summed E-state index contributed by atoms with van der Waals surface area (Å²) in [6.07, 6.45) is 4.44. The zero-order valence-corrected chi connectivity index (χ0v) is 12.5. The molecule has 0 saturated heterocycles. The molecule has 0 atom stereocenters. The molecule has 0 aliphatic heterocycles. The van der Waals surface area contributed by atoms with Crippen LogP contribution in [0.4, 0.5) is 0 Å². The quantitative estimate of drug-likeness (QED) is 0.688. The van der Waals surface area contributed by atoms with Crippen molar-refractivity contribution in [2.24, 2.45) is 0 Å². The van der Waals surface area contributed by atoms with E-state index in [-0.39, 0.29) is 0 Å². The molecule has 108 valence electrons. The number of hydrogen-bond donors (Lipinski definition) is 0. The first-order chi connectivity index (χ1) is 10.8. The van der Waals surface area contributed by atoms with Gasteiger partial charge in [0.1, 0.15) is 5.69 Å². The number of aryl methyl sites for hydroxylation is 1. The maximum Gasteiger partial charge on any atom is 0.113 e. The first-order valence-electron chi connectivity index (χ1n) is 7.32. The number of benzene rings is 1. The third-order valence-electron chi connectivity index (χ3n) is 3.52. The van der Waals surface area contributed by atoms with Crippen LogP contribution in [0.2, 0.25) is 0 Å². The van der Waals surface area contributed by atoms with Crippen molar-refractivity contribution in [3.8, 4) is 23.0 Å². The van der Waals surface area contributed by atoms with E-state index in [1.165, 1.54) is 16.8 Å². The van der Waals surface area contributed by atoms with E-state index in [2.05, 4.69) is 41.0 Å². The summed E-state index contributed by atoms with van der Waals surface area (Å²) < 4.78 is 2.01. The Hall–Kier alpha value is -2.86. The van der Waals surface area contributed by atoms with Gasteiger partial charge in [-0.25, -0.2) is 4.98 Å². The van der Waals surface area contributed by atoms with Gasteiger partial charge in [-0.05, 0) is 30.5 Å². The minimum absolute atomic E-state index is 0.757. The van der Waals surface area contributed by atoms with E-state index >= 15 is 0 Å². The minimum atomic E-state index is 0.757. The van der Waals surface area contributed by atoms with Gasteiger partial charge in [-0.1, -0.05) is 42.3 Å². The summed E-state index contributed by atoms with van der Waals surface area (Å²) >= 11 is 0. The summed E-state index contributed by atoms with van der Waals surface area (Å²) in [4.78, 5) is 4.19. The third-order valence-corrected chi connectivity index (χ3v) is 3.52. The van der Waals surface area contributed by atoms with Gasteiger partial charge in [0.25, 0.3) is 0 Å². The molecule has 3 rings (SSSR count). The first kappa shape index (κ1) is 14.1. The van der Waals surface area contributed by atoms with Gasteiger partial charge in [-0.15, -0.1) is 0 Å². The number of nitrogens with zero attached hydrogens (tertiary/aromatic N) is 3. The Labute approximate surface area is 130 Å². The van der Waals surface area contributed by atoms with E-state index in [1.807, 2.05) is 47.3 Å². The summed E-state index contributed by atoms with van der Waals surface area (Å²) in [7, 11) is 0. The second-order valence-electron chi connectivity index (χ2n) is 5.00. The van der Waals surface area contributed by atoms with Crippen molar-refractivity contribution in [2.45, 2.75) is 19.9 Å². The highest BCUT2D eigenvalue weighted by Gasteiger charge is 2.07. The van der Waals surface area contributed by atoms with Gasteiger partial charge in [0.15, 0.2) is 0 Å². The fourth-order valence-corrected chi connectivity index (χ4v) is 2.32. The van der Waals surface area contributed by atoms with E-state index in [0.29, 0.717) is 0 Å². The summed E-state index contributed by atoms with van der Waals surface area (Å²) in [6, 6.07) is 16.1. The van der Waals surface area contributed by atoms with Gasteiger partial charge < -0.3 is 0 Å². The summed E-state index contributed by atoms with van der Waals surface area (Å²) in [5.74, 6) is 6.22. The lowest BCUT2D eigenvalue weighted by Gasteiger charge is -2.03. The smallest absolute Gasteiger partial charge is 0.113 e. The van der Waals surface area contributed by atoms with Gasteiger partial charge >= 0.3 is 0 Å². The zero-order chi connectivity index (χ0) is 15.2. The third kappa shape index (κ3) is 3.24. The zero-order valence-electron chi connectivity index (χ0n) is 12.5. The number of rotatable bonds is 3. The molecule has 2 aromatic heterocycles. The summed E-state index contributed by atoms with van der Waals surface area (Å²) in [5, 5.41) is 4.47. The van der Waals surface area contributed by atoms with Crippen LogP contribution in [-0.4, -0.2) is 14.8 Å². The van der Waals surface area contributed by atoms with Crippen molar-refractivity contribution < 1.29 is 0 Å². The van der Waals surface area contributed by atoms with Gasteiger partial charge in [-0.3, -0.25) is 4.68 Å². The van der Waals surface area contributed by atoms with Crippen LogP contribution < -0.4 is 0 Å². The molecule has 0 bridgehead atoms. The number of aromatic nitrogens is 3. The van der Waals surface area contributed by atoms with Crippen LogP contribution in [-0.2, 0) is 6.54 Å². The van der Waals surface area contributed by atoms with Gasteiger partial charge in [0.2, 0.25) is 0 Å². The molecule has 3 heteroatoms. The van der Waals surface area contributed by atoms with Crippen LogP contribution in [0.3, 0.4) is 0 Å². The molecule has 3 nitrogen and oxygen atoms in total. The molecule has 0 saturated carbocycles. The fourth-order valence-electron chi connectivity index (χ4n) is 2.32. The van der Waals surface area contributed by atoms with Crippen molar-refractivity contribution >= 4 is 0 Å². The van der Waals surface area contributed by atoms with Crippen molar-refractivity contribution in [1.29, 1.82) is 0 Å². The minimum Gasteiger partial charge on any atom is -0.268 e. The van der Waals surface area contributed by atoms with Crippen molar-refractivity contribution in [3.63, 3.8) is 0 Å². The van der Waals surface area contributed by atoms with Crippen LogP contribution in [0.25, 0.3) is 11.1 Å². The molecule has 0 amide bonds. The van der Waals surface area contributed by atoms with E-state index in [1.54, 1.807) is 6.20 Å². The van der Waals surface area contributed by atoms with Crippen LogP contribution in [0.5, 0.6) is 0 Å². The van der Waals surface area contributed by atoms with Gasteiger partial charge in [-0.2, -0.15) is 5.10 Å². The van der Waals surface area contributed by atoms with E-state index < -0.39 is 0 Å². The molecule has 0 aliphatic carbocycles. The molecule has 3 aromatic rings. The predicted octanol–water partition coefficient (Wildman–Crippen LogP) is 3.70. The molecule has 22 heavy (non-hydrogen) atoms. The first-order valence-corrected chi connectivity index (χ1v) is 7.32. The molecule has 0 N–H and O–H groups in total. The molecule has 0 unspecified atom stereocenters. The Morgan fingerprint density at radius 1 is 1.05 bits per heavy atom. The summed E-state index contributed by atoms with van der Waals surface area (Å²) in [5.41, 5.74) is 4.36. The van der Waals surface area contributed by atoms with Crippen LogP contribution in [0.1, 0.15) is 17.8 Å². The van der Waals surface area contributed by atoms with Crippen molar-refractivity contribution in [2.75, 3.05) is 0 Å². The van der Waals surface area contributed by atoms with Gasteiger partial charge in [0.05, 0.1) is 12.7 Å². The molecule has 2 heterocycles. The Kier molecular flexibility index (Phi) is 4.31. The molecule has 1 aromatic carbocycles. The summed E-state index contributed by atoms with van der Waals surface area (Å²) in [6.45, 7) is 2.89. The average molecular weight is 287 g/mol. The standard InChI is InChI=1S/C19H17N3/c1-16-19(17-9-3-2-4-10-17)15-21-22(16)14-8-6-12-18-11-5-7-13-20-18/h2-5,7,9-11,13,15H,8,14H2,1H3. The molecular formula is C19H17N3. The van der Waals surface area contributed by atoms with E-state index in [4.69, 9.17) is 0 Å². The molecular weight excluding hydrogens is 270 g/mol. The predicted molar refractivity (Wildman–Crippen MR) is 88.1 cm³/mol. The average Bonchev–Trinajstić information content (AvgIpc) is 2.94. The molecule has 0 radical (unpaired) electrons. The molecule has 0 aliphatic rings. The second kappa shape index (κ2) is 6.73. The Balaban J connectivity index is 1.67.